The zero-order valence-electron chi connectivity index (χ0n) is 14.6. The standard InChI is InChI=1S/C19H23NO4/c1-13-14(7-8-22-13)12-20(4)18(21)19(2,3)15-5-6-16-17(11-15)24-10-9-23-16/h5-8,11H,9-10,12H2,1-4H3. The second-order valence-electron chi connectivity index (χ2n) is 6.65. The maximum Gasteiger partial charge on any atom is 0.232 e. The van der Waals surface area contributed by atoms with E-state index >= 15 is 0 Å². The Balaban J connectivity index is 1.81. The largest absolute Gasteiger partial charge is 0.486 e. The average Bonchev–Trinajstić information content (AvgIpc) is 2.98. The maximum absolute atomic E-state index is 13.0. The average molecular weight is 329 g/mol. The van der Waals surface area contributed by atoms with Crippen LogP contribution in [0.3, 0.4) is 0 Å². The number of nitrogens with zero attached hydrogens (tertiary/aromatic N) is 1. The molecule has 1 aromatic carbocycles. The number of hydrogen-bond donors (Lipinski definition) is 0. The molecule has 0 fully saturated rings. The van der Waals surface area contributed by atoms with E-state index in [-0.39, 0.29) is 5.91 Å². The van der Waals surface area contributed by atoms with Crippen molar-refractivity contribution in [2.24, 2.45) is 0 Å². The van der Waals surface area contributed by atoms with Gasteiger partial charge in [0.15, 0.2) is 11.5 Å². The van der Waals surface area contributed by atoms with E-state index in [2.05, 4.69) is 0 Å². The molecule has 1 aliphatic heterocycles. The first-order valence-corrected chi connectivity index (χ1v) is 8.08. The molecule has 0 atom stereocenters. The van der Waals surface area contributed by atoms with Gasteiger partial charge in [-0.2, -0.15) is 0 Å². The van der Waals surface area contributed by atoms with Gasteiger partial charge in [0.25, 0.3) is 0 Å². The van der Waals surface area contributed by atoms with Crippen LogP contribution in [0.15, 0.2) is 34.9 Å². The number of benzene rings is 1. The van der Waals surface area contributed by atoms with Crippen molar-refractivity contribution in [2.45, 2.75) is 32.7 Å². The Hall–Kier alpha value is -2.43. The first kappa shape index (κ1) is 16.4. The molecule has 0 aliphatic carbocycles. The lowest BCUT2D eigenvalue weighted by molar-refractivity contribution is -0.135. The molecule has 5 nitrogen and oxygen atoms in total. The highest BCUT2D eigenvalue weighted by molar-refractivity contribution is 5.87. The van der Waals surface area contributed by atoms with Gasteiger partial charge in [-0.3, -0.25) is 4.79 Å². The second-order valence-corrected chi connectivity index (χ2v) is 6.65. The summed E-state index contributed by atoms with van der Waals surface area (Å²) >= 11 is 0. The van der Waals surface area contributed by atoms with Crippen LogP contribution in [0.25, 0.3) is 0 Å². The minimum atomic E-state index is -0.664. The Morgan fingerprint density at radius 2 is 1.88 bits per heavy atom. The number of hydrogen-bond acceptors (Lipinski definition) is 4. The molecule has 2 heterocycles. The molecule has 0 spiro atoms. The van der Waals surface area contributed by atoms with Gasteiger partial charge >= 0.3 is 0 Å². The van der Waals surface area contributed by atoms with Gasteiger partial charge in [0, 0.05) is 19.2 Å². The summed E-state index contributed by atoms with van der Waals surface area (Å²) in [5.74, 6) is 2.31. The summed E-state index contributed by atoms with van der Waals surface area (Å²) in [5, 5.41) is 0. The Morgan fingerprint density at radius 3 is 2.54 bits per heavy atom. The van der Waals surface area contributed by atoms with Crippen LogP contribution in [-0.2, 0) is 16.8 Å². The molecule has 1 aromatic heterocycles. The molecule has 3 rings (SSSR count). The third-order valence-electron chi connectivity index (χ3n) is 4.52. The number of rotatable bonds is 4. The molecule has 5 heteroatoms. The van der Waals surface area contributed by atoms with Crippen molar-refractivity contribution < 1.29 is 18.7 Å². The quantitative estimate of drug-likeness (QED) is 0.864. The monoisotopic (exact) mass is 329 g/mol. The number of carbonyl (C=O) groups excluding carboxylic acids is 1. The number of carbonyl (C=O) groups is 1. The zero-order chi connectivity index (χ0) is 17.3. The van der Waals surface area contributed by atoms with Crippen LogP contribution in [0.5, 0.6) is 11.5 Å². The summed E-state index contributed by atoms with van der Waals surface area (Å²) in [5.41, 5.74) is 1.26. The van der Waals surface area contributed by atoms with Crippen LogP contribution in [0, 0.1) is 6.92 Å². The molecule has 1 aliphatic rings. The van der Waals surface area contributed by atoms with Crippen molar-refractivity contribution in [3.8, 4) is 11.5 Å². The molecule has 0 radical (unpaired) electrons. The molecule has 0 N–H and O–H groups in total. The summed E-state index contributed by atoms with van der Waals surface area (Å²) in [4.78, 5) is 14.7. The van der Waals surface area contributed by atoms with E-state index in [0.29, 0.717) is 25.5 Å². The Labute approximate surface area is 142 Å². The van der Waals surface area contributed by atoms with Crippen molar-refractivity contribution in [3.63, 3.8) is 0 Å². The SMILES string of the molecule is Cc1occc1CN(C)C(=O)C(C)(C)c1ccc2c(c1)OCCO2. The van der Waals surface area contributed by atoms with Crippen LogP contribution in [0.2, 0.25) is 0 Å². The molecule has 0 bridgehead atoms. The minimum absolute atomic E-state index is 0.0415. The van der Waals surface area contributed by atoms with Crippen LogP contribution >= 0.6 is 0 Å². The topological polar surface area (TPSA) is 51.9 Å². The van der Waals surface area contributed by atoms with Crippen molar-refractivity contribution >= 4 is 5.91 Å². The predicted molar refractivity (Wildman–Crippen MR) is 90.4 cm³/mol. The van der Waals surface area contributed by atoms with Gasteiger partial charge in [-0.15, -0.1) is 0 Å². The highest BCUT2D eigenvalue weighted by atomic mass is 16.6. The summed E-state index contributed by atoms with van der Waals surface area (Å²) in [7, 11) is 1.81. The lowest BCUT2D eigenvalue weighted by Crippen LogP contribution is -2.41. The normalized spacial score (nSPS) is 13.7. The van der Waals surface area contributed by atoms with Gasteiger partial charge in [-0.1, -0.05) is 6.07 Å². The Morgan fingerprint density at radius 1 is 1.17 bits per heavy atom. The minimum Gasteiger partial charge on any atom is -0.486 e. The third-order valence-corrected chi connectivity index (χ3v) is 4.52. The first-order chi connectivity index (χ1) is 11.4. The van der Waals surface area contributed by atoms with E-state index in [1.165, 1.54) is 0 Å². The molecule has 0 unspecified atom stereocenters. The fourth-order valence-corrected chi connectivity index (χ4v) is 2.94. The highest BCUT2D eigenvalue weighted by Gasteiger charge is 2.33. The van der Waals surface area contributed by atoms with Gasteiger partial charge < -0.3 is 18.8 Å². The molecular weight excluding hydrogens is 306 g/mol. The number of ether oxygens (including phenoxy) is 2. The van der Waals surface area contributed by atoms with Gasteiger partial charge in [0.05, 0.1) is 11.7 Å². The van der Waals surface area contributed by atoms with E-state index in [1.807, 2.05) is 52.1 Å². The maximum atomic E-state index is 13.0. The third kappa shape index (κ3) is 2.98. The summed E-state index contributed by atoms with van der Waals surface area (Å²) < 4.78 is 16.5. The lowest BCUT2D eigenvalue weighted by Gasteiger charge is -2.30. The molecule has 24 heavy (non-hydrogen) atoms. The number of furan rings is 1. The first-order valence-electron chi connectivity index (χ1n) is 8.08. The van der Waals surface area contributed by atoms with Gasteiger partial charge in [-0.25, -0.2) is 0 Å². The van der Waals surface area contributed by atoms with E-state index in [4.69, 9.17) is 13.9 Å². The van der Waals surface area contributed by atoms with Crippen molar-refractivity contribution in [1.82, 2.24) is 4.90 Å². The summed E-state index contributed by atoms with van der Waals surface area (Å²) in [6, 6.07) is 7.61. The van der Waals surface area contributed by atoms with Crippen LogP contribution < -0.4 is 9.47 Å². The van der Waals surface area contributed by atoms with Crippen LogP contribution in [-0.4, -0.2) is 31.1 Å². The fourth-order valence-electron chi connectivity index (χ4n) is 2.94. The van der Waals surface area contributed by atoms with Gasteiger partial charge in [0.2, 0.25) is 5.91 Å². The van der Waals surface area contributed by atoms with Gasteiger partial charge in [0.1, 0.15) is 19.0 Å². The van der Waals surface area contributed by atoms with Crippen molar-refractivity contribution in [2.75, 3.05) is 20.3 Å². The second kappa shape index (κ2) is 6.23. The lowest BCUT2D eigenvalue weighted by atomic mass is 9.83. The Kier molecular flexibility index (Phi) is 4.26. The molecule has 2 aromatic rings. The van der Waals surface area contributed by atoms with Crippen LogP contribution in [0.1, 0.15) is 30.7 Å². The summed E-state index contributed by atoms with van der Waals surface area (Å²) in [6.45, 7) is 7.37. The van der Waals surface area contributed by atoms with E-state index < -0.39 is 5.41 Å². The van der Waals surface area contributed by atoms with Crippen LogP contribution in [0.4, 0.5) is 0 Å². The summed E-state index contributed by atoms with van der Waals surface area (Å²) in [6.07, 6.45) is 1.65. The molecule has 0 saturated carbocycles. The Bertz CT molecular complexity index is 748. The molecule has 128 valence electrons. The van der Waals surface area contributed by atoms with Crippen molar-refractivity contribution in [3.05, 3.63) is 47.4 Å². The predicted octanol–water partition coefficient (Wildman–Crippen LogP) is 3.30. The number of likely N-dealkylation sites (N-methyl/N-ethyl adjacent to an activating group) is 1. The number of aryl methyl sites for hydroxylation is 1. The molecule has 1 amide bonds. The zero-order valence-corrected chi connectivity index (χ0v) is 14.6. The molecular formula is C19H23NO4. The van der Waals surface area contributed by atoms with Crippen molar-refractivity contribution in [1.29, 1.82) is 0 Å². The number of amides is 1. The fraction of sp³-hybridized carbons (Fsp3) is 0.421. The van der Waals surface area contributed by atoms with E-state index in [0.717, 1.165) is 22.6 Å². The molecule has 0 saturated heterocycles. The van der Waals surface area contributed by atoms with E-state index in [9.17, 15) is 4.79 Å². The number of fused-ring (bicyclic) bond motifs is 1. The van der Waals surface area contributed by atoms with E-state index in [1.54, 1.807) is 11.2 Å². The van der Waals surface area contributed by atoms with Gasteiger partial charge in [-0.05, 0) is 44.5 Å². The highest BCUT2D eigenvalue weighted by Crippen LogP contribution is 2.36. The smallest absolute Gasteiger partial charge is 0.232 e.